The molecular weight excluding hydrogens is 204 g/mol. The largest absolute Gasteiger partial charge is 0.387 e. The van der Waals surface area contributed by atoms with Gasteiger partial charge in [-0.25, -0.2) is 0 Å². The van der Waals surface area contributed by atoms with Gasteiger partial charge in [0.05, 0.1) is 11.9 Å². The van der Waals surface area contributed by atoms with Gasteiger partial charge in [0.25, 0.3) is 0 Å². The van der Waals surface area contributed by atoms with E-state index in [-0.39, 0.29) is 6.04 Å². The van der Waals surface area contributed by atoms with E-state index >= 15 is 0 Å². The zero-order valence-corrected chi connectivity index (χ0v) is 11.0. The van der Waals surface area contributed by atoms with Crippen LogP contribution in [0.3, 0.4) is 0 Å². The van der Waals surface area contributed by atoms with Gasteiger partial charge >= 0.3 is 0 Å². The first kappa shape index (κ1) is 12.2. The van der Waals surface area contributed by atoms with Crippen molar-refractivity contribution in [2.45, 2.75) is 40.7 Å². The molecule has 1 atom stereocenters. The maximum absolute atomic E-state index is 5.87. The maximum Gasteiger partial charge on any atom is 0.0970 e. The van der Waals surface area contributed by atoms with Crippen molar-refractivity contribution in [1.29, 1.82) is 0 Å². The van der Waals surface area contributed by atoms with Crippen molar-refractivity contribution in [3.8, 4) is 0 Å². The van der Waals surface area contributed by atoms with E-state index in [4.69, 9.17) is 5.73 Å². The summed E-state index contributed by atoms with van der Waals surface area (Å²) < 4.78 is 0. The van der Waals surface area contributed by atoms with Crippen LogP contribution in [0, 0.1) is 19.8 Å². The molecule has 84 valence electrons. The first-order valence-corrected chi connectivity index (χ1v) is 6.13. The lowest BCUT2D eigenvalue weighted by molar-refractivity contribution is 0.778. The van der Waals surface area contributed by atoms with Gasteiger partial charge in [-0.05, 0) is 32.4 Å². The summed E-state index contributed by atoms with van der Waals surface area (Å²) in [5.74, 6) is 1.07. The second-order valence-electron chi connectivity index (χ2n) is 4.25. The second-order valence-corrected chi connectivity index (χ2v) is 5.71. The molecule has 0 fully saturated rings. The summed E-state index contributed by atoms with van der Waals surface area (Å²) in [6, 6.07) is 2.39. The summed E-state index contributed by atoms with van der Waals surface area (Å²) in [5, 5.41) is 0. The Morgan fingerprint density at radius 2 is 1.93 bits per heavy atom. The second kappa shape index (κ2) is 4.79. The fourth-order valence-electron chi connectivity index (χ4n) is 1.51. The summed E-state index contributed by atoms with van der Waals surface area (Å²) in [5.41, 5.74) is 7.17. The average molecular weight is 224 g/mol. The van der Waals surface area contributed by atoms with Crippen molar-refractivity contribution in [3.63, 3.8) is 0 Å². The number of hydrogen-bond donors (Lipinski definition) is 1. The lowest BCUT2D eigenvalue weighted by atomic mass is 10.1. The monoisotopic (exact) mass is 224 g/mol. The molecule has 2 nitrogen and oxygen atoms in total. The smallest absolute Gasteiger partial charge is 0.0970 e. The molecule has 0 bridgehead atoms. The van der Waals surface area contributed by atoms with Crippen LogP contribution in [0.1, 0.15) is 42.1 Å². The van der Waals surface area contributed by atoms with E-state index in [1.807, 2.05) is 11.3 Å². The number of nitrogens with two attached hydrogens (primary N) is 1. The molecule has 0 aromatic carbocycles. The van der Waals surface area contributed by atoms with Gasteiger partial charge in [-0.2, -0.15) is 0 Å². The third kappa shape index (κ3) is 3.06. The van der Waals surface area contributed by atoms with Crippen molar-refractivity contribution in [3.05, 3.63) is 21.4 Å². The molecule has 1 rings (SSSR count). The number of rotatable bonds is 3. The predicted molar refractivity (Wildman–Crippen MR) is 68.7 cm³/mol. The molecule has 3 heteroatoms. The lowest BCUT2D eigenvalue weighted by Crippen LogP contribution is -2.19. The summed E-state index contributed by atoms with van der Waals surface area (Å²) in [7, 11) is 0. The van der Waals surface area contributed by atoms with Gasteiger partial charge in [-0.15, -0.1) is 11.3 Å². The topological polar surface area (TPSA) is 38.4 Å². The van der Waals surface area contributed by atoms with Crippen LogP contribution in [0.4, 0.5) is 0 Å². The average Bonchev–Trinajstić information content (AvgIpc) is 2.44. The van der Waals surface area contributed by atoms with Crippen LogP contribution < -0.4 is 5.73 Å². The van der Waals surface area contributed by atoms with Gasteiger partial charge in [0, 0.05) is 15.7 Å². The molecule has 15 heavy (non-hydrogen) atoms. The minimum atomic E-state index is 0.178. The van der Waals surface area contributed by atoms with E-state index in [9.17, 15) is 0 Å². The molecule has 0 aliphatic carbocycles. The molecule has 0 aliphatic rings. The predicted octanol–water partition coefficient (Wildman–Crippen LogP) is 3.44. The lowest BCUT2D eigenvalue weighted by Gasteiger charge is -2.10. The number of amidine groups is 1. The minimum Gasteiger partial charge on any atom is -0.387 e. The Balaban J connectivity index is 2.90. The highest BCUT2D eigenvalue weighted by atomic mass is 32.1. The Kier molecular flexibility index (Phi) is 3.91. The highest BCUT2D eigenvalue weighted by Crippen LogP contribution is 2.28. The van der Waals surface area contributed by atoms with Crippen LogP contribution in [0.15, 0.2) is 11.1 Å². The van der Waals surface area contributed by atoms with E-state index in [0.29, 0.717) is 5.92 Å². The summed E-state index contributed by atoms with van der Waals surface area (Å²) in [4.78, 5) is 7.21. The van der Waals surface area contributed by atoms with Gasteiger partial charge in [-0.3, -0.25) is 4.99 Å². The van der Waals surface area contributed by atoms with E-state index in [1.165, 1.54) is 15.3 Å². The fraction of sp³-hybridized carbons (Fsp3) is 0.583. The normalized spacial score (nSPS) is 14.7. The Morgan fingerprint density at radius 1 is 1.33 bits per heavy atom. The third-order valence-corrected chi connectivity index (χ3v) is 3.45. The summed E-state index contributed by atoms with van der Waals surface area (Å²) in [6.45, 7) is 10.5. The molecular formula is C12H20N2S. The zero-order valence-electron chi connectivity index (χ0n) is 10.2. The Labute approximate surface area is 96.2 Å². The molecule has 2 N–H and O–H groups in total. The molecule has 0 saturated heterocycles. The highest BCUT2D eigenvalue weighted by Gasteiger charge is 2.11. The van der Waals surface area contributed by atoms with E-state index < -0.39 is 0 Å². The highest BCUT2D eigenvalue weighted by molar-refractivity contribution is 7.12. The Bertz CT molecular complexity index is 364. The Hall–Kier alpha value is -0.830. The first-order valence-electron chi connectivity index (χ1n) is 5.32. The van der Waals surface area contributed by atoms with Crippen LogP contribution in [-0.4, -0.2) is 5.84 Å². The number of thiophene rings is 1. The Morgan fingerprint density at radius 3 is 2.33 bits per heavy atom. The van der Waals surface area contributed by atoms with Crippen molar-refractivity contribution in [1.82, 2.24) is 0 Å². The molecule has 0 spiro atoms. The molecule has 1 aromatic heterocycles. The van der Waals surface area contributed by atoms with Crippen LogP contribution in [0.2, 0.25) is 0 Å². The van der Waals surface area contributed by atoms with Crippen LogP contribution in [-0.2, 0) is 0 Å². The van der Waals surface area contributed by atoms with Gasteiger partial charge < -0.3 is 5.73 Å². The van der Waals surface area contributed by atoms with E-state index in [2.05, 4.69) is 45.7 Å². The molecule has 0 aliphatic heterocycles. The SMILES string of the molecule is Cc1cc(C(C)N=C(N)C(C)C)c(C)s1. The van der Waals surface area contributed by atoms with Gasteiger partial charge in [0.15, 0.2) is 0 Å². The number of hydrogen-bond acceptors (Lipinski definition) is 2. The van der Waals surface area contributed by atoms with Gasteiger partial charge in [-0.1, -0.05) is 13.8 Å². The van der Waals surface area contributed by atoms with Crippen LogP contribution >= 0.6 is 11.3 Å². The van der Waals surface area contributed by atoms with E-state index in [1.54, 1.807) is 0 Å². The number of aryl methyl sites for hydroxylation is 2. The zero-order chi connectivity index (χ0) is 11.6. The minimum absolute atomic E-state index is 0.178. The van der Waals surface area contributed by atoms with Crippen LogP contribution in [0.25, 0.3) is 0 Å². The van der Waals surface area contributed by atoms with Gasteiger partial charge in [0.1, 0.15) is 0 Å². The number of aliphatic imine (C=N–C) groups is 1. The van der Waals surface area contributed by atoms with E-state index in [0.717, 1.165) is 5.84 Å². The standard InChI is InChI=1S/C12H20N2S/c1-7(2)12(13)14-9(4)11-6-8(3)15-10(11)5/h6-7,9H,1-5H3,(H2,13,14). The maximum atomic E-state index is 5.87. The molecule has 0 saturated carbocycles. The van der Waals surface area contributed by atoms with Gasteiger partial charge in [0.2, 0.25) is 0 Å². The summed E-state index contributed by atoms with van der Waals surface area (Å²) in [6.07, 6.45) is 0. The molecule has 0 radical (unpaired) electrons. The van der Waals surface area contributed by atoms with Crippen molar-refractivity contribution in [2.75, 3.05) is 0 Å². The van der Waals surface area contributed by atoms with Crippen LogP contribution in [0.5, 0.6) is 0 Å². The molecule has 1 heterocycles. The van der Waals surface area contributed by atoms with Crippen molar-refractivity contribution in [2.24, 2.45) is 16.6 Å². The number of nitrogens with zero attached hydrogens (tertiary/aromatic N) is 1. The van der Waals surface area contributed by atoms with Crippen molar-refractivity contribution < 1.29 is 0 Å². The van der Waals surface area contributed by atoms with Crippen molar-refractivity contribution >= 4 is 17.2 Å². The molecule has 0 amide bonds. The fourth-order valence-corrected chi connectivity index (χ4v) is 2.52. The summed E-state index contributed by atoms with van der Waals surface area (Å²) >= 11 is 1.82. The molecule has 1 aromatic rings. The third-order valence-electron chi connectivity index (χ3n) is 2.46. The quantitative estimate of drug-likeness (QED) is 0.620. The molecule has 1 unspecified atom stereocenters. The first-order chi connectivity index (χ1) is 6.91.